The third-order valence-electron chi connectivity index (χ3n) is 4.78. The highest BCUT2D eigenvalue weighted by Gasteiger charge is 2.25. The summed E-state index contributed by atoms with van der Waals surface area (Å²) in [4.78, 5) is 14.3. The highest BCUT2D eigenvalue weighted by molar-refractivity contribution is 7.89. The number of nitrogens with one attached hydrogen (secondary N) is 1. The Kier molecular flexibility index (Phi) is 8.06. The normalized spacial score (nSPS) is 16.5. The van der Waals surface area contributed by atoms with Crippen LogP contribution >= 0.6 is 0 Å². The van der Waals surface area contributed by atoms with Gasteiger partial charge in [0.1, 0.15) is 0 Å². The van der Waals surface area contributed by atoms with Crippen molar-refractivity contribution in [3.05, 3.63) is 35.4 Å². The summed E-state index contributed by atoms with van der Waals surface area (Å²) >= 11 is 0. The fourth-order valence-electron chi connectivity index (χ4n) is 3.05. The summed E-state index contributed by atoms with van der Waals surface area (Å²) in [5, 5.41) is 2.95. The minimum absolute atomic E-state index is 0.0222. The van der Waals surface area contributed by atoms with E-state index in [4.69, 9.17) is 0 Å². The highest BCUT2D eigenvalue weighted by Crippen LogP contribution is 2.12. The number of hydrogen-bond donors (Lipinski definition) is 1. The molecule has 1 aliphatic heterocycles. The second-order valence-electron chi connectivity index (χ2n) is 6.74. The number of benzene rings is 1. The molecule has 2 rings (SSSR count). The van der Waals surface area contributed by atoms with Gasteiger partial charge in [-0.1, -0.05) is 31.9 Å². The topological polar surface area (TPSA) is 69.7 Å². The quantitative estimate of drug-likeness (QED) is 0.665. The average molecular weight is 382 g/mol. The van der Waals surface area contributed by atoms with Crippen molar-refractivity contribution in [3.63, 3.8) is 0 Å². The molecule has 0 aromatic heterocycles. The average Bonchev–Trinajstić information content (AvgIpc) is 2.66. The predicted molar refractivity (Wildman–Crippen MR) is 105 cm³/mol. The Balaban J connectivity index is 1.80. The first-order valence-corrected chi connectivity index (χ1v) is 11.1. The molecule has 0 aliphatic carbocycles. The number of carbonyl (C=O) groups is 1. The fraction of sp³-hybridized carbons (Fsp3) is 0.632. The SMILES string of the molecule is CCCCCNC(=O)c1ccc(CN2CCN(S(=O)(=O)CC)CC2)cc1. The number of hydrogen-bond acceptors (Lipinski definition) is 4. The minimum atomic E-state index is -3.08. The second-order valence-corrected chi connectivity index (χ2v) is 8.99. The molecular weight excluding hydrogens is 350 g/mol. The van der Waals surface area contributed by atoms with Gasteiger partial charge in [0, 0.05) is 44.8 Å². The molecule has 7 heteroatoms. The third kappa shape index (κ3) is 6.07. The molecule has 1 heterocycles. The highest BCUT2D eigenvalue weighted by atomic mass is 32.2. The smallest absolute Gasteiger partial charge is 0.251 e. The first-order valence-electron chi connectivity index (χ1n) is 9.53. The van der Waals surface area contributed by atoms with Gasteiger partial charge in [0.15, 0.2) is 0 Å². The Morgan fingerprint density at radius 2 is 1.69 bits per heavy atom. The molecule has 1 aromatic carbocycles. The third-order valence-corrected chi connectivity index (χ3v) is 6.66. The van der Waals surface area contributed by atoms with Crippen molar-refractivity contribution in [2.24, 2.45) is 0 Å². The lowest BCUT2D eigenvalue weighted by Crippen LogP contribution is -2.48. The molecular formula is C19H31N3O3S. The van der Waals surface area contributed by atoms with Gasteiger partial charge in [-0.3, -0.25) is 9.69 Å². The summed E-state index contributed by atoms with van der Waals surface area (Å²) < 4.78 is 25.4. The summed E-state index contributed by atoms with van der Waals surface area (Å²) in [5.41, 5.74) is 1.82. The lowest BCUT2D eigenvalue weighted by atomic mass is 10.1. The van der Waals surface area contributed by atoms with E-state index in [0.717, 1.165) is 51.0 Å². The molecule has 1 N–H and O–H groups in total. The van der Waals surface area contributed by atoms with Crippen LogP contribution in [-0.4, -0.2) is 62.0 Å². The van der Waals surface area contributed by atoms with Crippen molar-refractivity contribution in [1.29, 1.82) is 0 Å². The Bertz CT molecular complexity index is 666. The van der Waals surface area contributed by atoms with Crippen molar-refractivity contribution in [2.75, 3.05) is 38.5 Å². The van der Waals surface area contributed by atoms with Crippen LogP contribution in [0.25, 0.3) is 0 Å². The molecule has 146 valence electrons. The van der Waals surface area contributed by atoms with E-state index in [1.165, 1.54) is 0 Å². The van der Waals surface area contributed by atoms with Crippen LogP contribution in [-0.2, 0) is 16.6 Å². The molecule has 1 fully saturated rings. The monoisotopic (exact) mass is 381 g/mol. The van der Waals surface area contributed by atoms with Gasteiger partial charge < -0.3 is 5.32 Å². The van der Waals surface area contributed by atoms with Gasteiger partial charge in [0.05, 0.1) is 5.75 Å². The largest absolute Gasteiger partial charge is 0.352 e. The standard InChI is InChI=1S/C19H31N3O3S/c1-3-5-6-11-20-19(23)18-9-7-17(8-10-18)16-21-12-14-22(15-13-21)26(24,25)4-2/h7-10H,3-6,11-16H2,1-2H3,(H,20,23). The van der Waals surface area contributed by atoms with Crippen LogP contribution in [0.15, 0.2) is 24.3 Å². The van der Waals surface area contributed by atoms with E-state index < -0.39 is 10.0 Å². The van der Waals surface area contributed by atoms with Crippen molar-refractivity contribution in [1.82, 2.24) is 14.5 Å². The molecule has 0 unspecified atom stereocenters. The van der Waals surface area contributed by atoms with Gasteiger partial charge in [0.25, 0.3) is 5.91 Å². The number of nitrogens with zero attached hydrogens (tertiary/aromatic N) is 2. The lowest BCUT2D eigenvalue weighted by molar-refractivity contribution is 0.0953. The molecule has 0 bridgehead atoms. The zero-order valence-corrected chi connectivity index (χ0v) is 16.7. The van der Waals surface area contributed by atoms with Crippen molar-refractivity contribution >= 4 is 15.9 Å². The van der Waals surface area contributed by atoms with Gasteiger partial charge in [-0.2, -0.15) is 4.31 Å². The molecule has 0 saturated carbocycles. The molecule has 6 nitrogen and oxygen atoms in total. The molecule has 1 aliphatic rings. The van der Waals surface area contributed by atoms with E-state index in [1.807, 2.05) is 24.3 Å². The molecule has 0 atom stereocenters. The lowest BCUT2D eigenvalue weighted by Gasteiger charge is -2.33. The van der Waals surface area contributed by atoms with Crippen LogP contribution in [0.4, 0.5) is 0 Å². The van der Waals surface area contributed by atoms with E-state index in [-0.39, 0.29) is 11.7 Å². The summed E-state index contributed by atoms with van der Waals surface area (Å²) in [6.07, 6.45) is 3.29. The molecule has 0 radical (unpaired) electrons. The first-order chi connectivity index (χ1) is 12.5. The van der Waals surface area contributed by atoms with Gasteiger partial charge in [-0.25, -0.2) is 8.42 Å². The minimum Gasteiger partial charge on any atom is -0.352 e. The van der Waals surface area contributed by atoms with E-state index in [0.29, 0.717) is 18.7 Å². The van der Waals surface area contributed by atoms with Crippen LogP contribution in [0.5, 0.6) is 0 Å². The van der Waals surface area contributed by atoms with Gasteiger partial charge in [-0.15, -0.1) is 0 Å². The number of sulfonamides is 1. The molecule has 1 amide bonds. The molecule has 1 aromatic rings. The number of rotatable bonds is 9. The Hall–Kier alpha value is -1.44. The summed E-state index contributed by atoms with van der Waals surface area (Å²) in [7, 11) is -3.08. The van der Waals surface area contributed by atoms with Crippen LogP contribution in [0.1, 0.15) is 49.0 Å². The summed E-state index contributed by atoms with van der Waals surface area (Å²) in [5.74, 6) is 0.139. The van der Waals surface area contributed by atoms with E-state index in [1.54, 1.807) is 11.2 Å². The zero-order chi connectivity index (χ0) is 19.0. The predicted octanol–water partition coefficient (Wildman–Crippen LogP) is 2.07. The Morgan fingerprint density at radius 1 is 1.04 bits per heavy atom. The molecule has 1 saturated heterocycles. The number of piperazine rings is 1. The van der Waals surface area contributed by atoms with Gasteiger partial charge >= 0.3 is 0 Å². The summed E-state index contributed by atoms with van der Waals surface area (Å²) in [6.45, 7) is 7.89. The van der Waals surface area contributed by atoms with Crippen LogP contribution in [0, 0.1) is 0 Å². The van der Waals surface area contributed by atoms with Gasteiger partial charge in [0.2, 0.25) is 10.0 Å². The van der Waals surface area contributed by atoms with Crippen molar-refractivity contribution < 1.29 is 13.2 Å². The first kappa shape index (κ1) is 20.9. The number of carbonyl (C=O) groups excluding carboxylic acids is 1. The Labute approximate surface area is 157 Å². The van der Waals surface area contributed by atoms with Crippen molar-refractivity contribution in [3.8, 4) is 0 Å². The number of amides is 1. The zero-order valence-electron chi connectivity index (χ0n) is 15.9. The van der Waals surface area contributed by atoms with Crippen LogP contribution < -0.4 is 5.32 Å². The maximum atomic E-state index is 12.1. The van der Waals surface area contributed by atoms with Crippen LogP contribution in [0.2, 0.25) is 0 Å². The van der Waals surface area contributed by atoms with E-state index in [9.17, 15) is 13.2 Å². The van der Waals surface area contributed by atoms with E-state index in [2.05, 4.69) is 17.1 Å². The van der Waals surface area contributed by atoms with Gasteiger partial charge in [-0.05, 0) is 31.0 Å². The van der Waals surface area contributed by atoms with Crippen molar-refractivity contribution in [2.45, 2.75) is 39.7 Å². The second kappa shape index (κ2) is 10.0. The van der Waals surface area contributed by atoms with E-state index >= 15 is 0 Å². The fourth-order valence-corrected chi connectivity index (χ4v) is 4.13. The number of unbranched alkanes of at least 4 members (excludes halogenated alkanes) is 2. The summed E-state index contributed by atoms with van der Waals surface area (Å²) in [6, 6.07) is 7.69. The molecule has 26 heavy (non-hydrogen) atoms. The van der Waals surface area contributed by atoms with Crippen LogP contribution in [0.3, 0.4) is 0 Å². The Morgan fingerprint density at radius 3 is 2.27 bits per heavy atom. The maximum Gasteiger partial charge on any atom is 0.251 e. The molecule has 0 spiro atoms. The maximum absolute atomic E-state index is 12.1.